The summed E-state index contributed by atoms with van der Waals surface area (Å²) >= 11 is 5.84. The third-order valence-corrected chi connectivity index (χ3v) is 3.87. The molecule has 116 valence electrons. The molecule has 2 N–H and O–H groups in total. The average Bonchev–Trinajstić information content (AvgIpc) is 2.49. The topological polar surface area (TPSA) is 33.5 Å². The van der Waals surface area contributed by atoms with Gasteiger partial charge in [-0.05, 0) is 30.2 Å². The summed E-state index contributed by atoms with van der Waals surface area (Å²) in [6.07, 6.45) is 0. The Hall–Kier alpha value is -1.84. The van der Waals surface area contributed by atoms with Gasteiger partial charge in [0.1, 0.15) is 6.54 Å². The normalized spacial score (nSPS) is 12.0. The number of hydrogen-bond donors (Lipinski definition) is 2. The number of rotatable bonds is 6. The summed E-state index contributed by atoms with van der Waals surface area (Å²) in [4.78, 5) is 13.2. The van der Waals surface area contributed by atoms with Crippen molar-refractivity contribution in [1.29, 1.82) is 0 Å². The molecule has 1 unspecified atom stereocenters. The maximum atomic E-state index is 12.0. The first-order valence-electron chi connectivity index (χ1n) is 7.41. The molecule has 0 aliphatic carbocycles. The molecular formula is C18H22ClN2O+. The van der Waals surface area contributed by atoms with E-state index in [0.717, 1.165) is 12.1 Å². The quantitative estimate of drug-likeness (QED) is 0.839. The van der Waals surface area contributed by atoms with Crippen LogP contribution in [0.3, 0.4) is 0 Å². The van der Waals surface area contributed by atoms with Gasteiger partial charge in [0.2, 0.25) is 0 Å². The molecule has 1 amide bonds. The molecule has 2 aromatic rings. The van der Waals surface area contributed by atoms with Gasteiger partial charge in [0.15, 0.2) is 6.54 Å². The maximum absolute atomic E-state index is 12.0. The number of carbonyl (C=O) groups is 1. The van der Waals surface area contributed by atoms with Crippen molar-refractivity contribution in [1.82, 2.24) is 5.32 Å². The third-order valence-electron chi connectivity index (χ3n) is 3.62. The van der Waals surface area contributed by atoms with Gasteiger partial charge >= 0.3 is 0 Å². The molecular weight excluding hydrogens is 296 g/mol. The molecule has 0 aliphatic rings. The highest BCUT2D eigenvalue weighted by Crippen LogP contribution is 2.09. The van der Waals surface area contributed by atoms with Crippen molar-refractivity contribution in [2.24, 2.45) is 0 Å². The molecule has 2 aromatic carbocycles. The van der Waals surface area contributed by atoms with Crippen molar-refractivity contribution in [3.8, 4) is 0 Å². The van der Waals surface area contributed by atoms with E-state index >= 15 is 0 Å². The van der Waals surface area contributed by atoms with E-state index < -0.39 is 0 Å². The molecule has 0 aromatic heterocycles. The Morgan fingerprint density at radius 2 is 1.82 bits per heavy atom. The van der Waals surface area contributed by atoms with Crippen LogP contribution in [0.1, 0.15) is 16.7 Å². The first-order chi connectivity index (χ1) is 10.5. The van der Waals surface area contributed by atoms with Gasteiger partial charge in [-0.3, -0.25) is 4.79 Å². The number of benzene rings is 2. The lowest BCUT2D eigenvalue weighted by molar-refractivity contribution is -0.885. The molecule has 2 rings (SSSR count). The van der Waals surface area contributed by atoms with Gasteiger partial charge in [0.25, 0.3) is 5.91 Å². The van der Waals surface area contributed by atoms with E-state index in [1.54, 1.807) is 0 Å². The van der Waals surface area contributed by atoms with Crippen molar-refractivity contribution in [3.05, 3.63) is 70.2 Å². The second-order valence-corrected chi connectivity index (χ2v) is 6.08. The Morgan fingerprint density at radius 1 is 1.14 bits per heavy atom. The van der Waals surface area contributed by atoms with E-state index in [1.165, 1.54) is 16.0 Å². The van der Waals surface area contributed by atoms with Crippen LogP contribution < -0.4 is 10.2 Å². The second kappa shape index (κ2) is 7.97. The summed E-state index contributed by atoms with van der Waals surface area (Å²) in [5.74, 6) is 0.0565. The number of nitrogens with one attached hydrogen (secondary N) is 2. The minimum atomic E-state index is 0.0565. The molecule has 0 saturated carbocycles. The average molecular weight is 318 g/mol. The molecule has 0 heterocycles. The van der Waals surface area contributed by atoms with Crippen molar-refractivity contribution in [2.45, 2.75) is 20.0 Å². The summed E-state index contributed by atoms with van der Waals surface area (Å²) in [6.45, 7) is 3.94. The standard InChI is InChI=1S/C18H21ClN2O/c1-14-5-3-4-6-16(14)12-21(2)13-18(22)20-11-15-7-9-17(19)10-8-15/h3-10H,11-13H2,1-2H3,(H,20,22)/p+1. The molecule has 1 atom stereocenters. The lowest BCUT2D eigenvalue weighted by Crippen LogP contribution is -3.08. The first kappa shape index (κ1) is 16.5. The lowest BCUT2D eigenvalue weighted by atomic mass is 10.1. The number of aryl methyl sites for hydroxylation is 1. The van der Waals surface area contributed by atoms with Crippen LogP contribution in [0.25, 0.3) is 0 Å². The van der Waals surface area contributed by atoms with Crippen molar-refractivity contribution in [3.63, 3.8) is 0 Å². The summed E-state index contributed by atoms with van der Waals surface area (Å²) in [6, 6.07) is 15.8. The van der Waals surface area contributed by atoms with Crippen LogP contribution in [0, 0.1) is 6.92 Å². The fourth-order valence-electron chi connectivity index (χ4n) is 2.34. The third kappa shape index (κ3) is 5.17. The lowest BCUT2D eigenvalue weighted by Gasteiger charge is -2.15. The zero-order chi connectivity index (χ0) is 15.9. The molecule has 0 radical (unpaired) electrons. The highest BCUT2D eigenvalue weighted by atomic mass is 35.5. The minimum absolute atomic E-state index is 0.0565. The van der Waals surface area contributed by atoms with E-state index in [4.69, 9.17) is 11.6 Å². The Balaban J connectivity index is 1.79. The molecule has 22 heavy (non-hydrogen) atoms. The summed E-state index contributed by atoms with van der Waals surface area (Å²) in [5, 5.41) is 3.65. The fourth-order valence-corrected chi connectivity index (χ4v) is 2.46. The van der Waals surface area contributed by atoms with Gasteiger partial charge < -0.3 is 10.2 Å². The summed E-state index contributed by atoms with van der Waals surface area (Å²) in [7, 11) is 2.04. The van der Waals surface area contributed by atoms with Crippen molar-refractivity contribution >= 4 is 17.5 Å². The van der Waals surface area contributed by atoms with Gasteiger partial charge in [0.05, 0.1) is 7.05 Å². The van der Waals surface area contributed by atoms with E-state index in [0.29, 0.717) is 18.1 Å². The van der Waals surface area contributed by atoms with Crippen LogP contribution in [0.2, 0.25) is 5.02 Å². The maximum Gasteiger partial charge on any atom is 0.275 e. The zero-order valence-electron chi connectivity index (χ0n) is 13.0. The van der Waals surface area contributed by atoms with Crippen LogP contribution in [-0.2, 0) is 17.9 Å². The smallest absolute Gasteiger partial charge is 0.275 e. The number of hydrogen-bond acceptors (Lipinski definition) is 1. The predicted molar refractivity (Wildman–Crippen MR) is 89.9 cm³/mol. The Labute approximate surface area is 136 Å². The molecule has 3 nitrogen and oxygen atoms in total. The van der Waals surface area contributed by atoms with Gasteiger partial charge in [-0.15, -0.1) is 0 Å². The largest absolute Gasteiger partial charge is 0.347 e. The molecule has 0 aliphatic heterocycles. The molecule has 4 heteroatoms. The van der Waals surface area contributed by atoms with Crippen LogP contribution in [0.15, 0.2) is 48.5 Å². The van der Waals surface area contributed by atoms with Crippen LogP contribution >= 0.6 is 11.6 Å². The van der Waals surface area contributed by atoms with E-state index in [9.17, 15) is 4.79 Å². The summed E-state index contributed by atoms with van der Waals surface area (Å²) in [5.41, 5.74) is 3.60. The Bertz CT molecular complexity index is 625. The summed E-state index contributed by atoms with van der Waals surface area (Å²) < 4.78 is 0. The van der Waals surface area contributed by atoms with Gasteiger partial charge in [-0.1, -0.05) is 48.0 Å². The highest BCUT2D eigenvalue weighted by Gasteiger charge is 2.11. The fraction of sp³-hybridized carbons (Fsp3) is 0.278. The molecule has 0 fully saturated rings. The van der Waals surface area contributed by atoms with E-state index in [-0.39, 0.29) is 5.91 Å². The second-order valence-electron chi connectivity index (χ2n) is 5.64. The van der Waals surface area contributed by atoms with Gasteiger partial charge in [-0.2, -0.15) is 0 Å². The monoisotopic (exact) mass is 317 g/mol. The van der Waals surface area contributed by atoms with Crippen molar-refractivity contribution in [2.75, 3.05) is 13.6 Å². The number of carbonyl (C=O) groups excluding carboxylic acids is 1. The van der Waals surface area contributed by atoms with Gasteiger partial charge in [0, 0.05) is 17.1 Å². The number of amides is 1. The Kier molecular flexibility index (Phi) is 5.99. The van der Waals surface area contributed by atoms with Crippen LogP contribution in [-0.4, -0.2) is 19.5 Å². The number of likely N-dealkylation sites (N-methyl/N-ethyl adjacent to an activating group) is 1. The minimum Gasteiger partial charge on any atom is -0.347 e. The highest BCUT2D eigenvalue weighted by molar-refractivity contribution is 6.30. The predicted octanol–water partition coefficient (Wildman–Crippen LogP) is 1.98. The molecule has 0 bridgehead atoms. The first-order valence-corrected chi connectivity index (χ1v) is 7.79. The SMILES string of the molecule is Cc1ccccc1C[NH+](C)CC(=O)NCc1ccc(Cl)cc1. The Morgan fingerprint density at radius 3 is 2.50 bits per heavy atom. The van der Waals surface area contributed by atoms with E-state index in [1.807, 2.05) is 43.4 Å². The van der Waals surface area contributed by atoms with E-state index in [2.05, 4.69) is 24.4 Å². The van der Waals surface area contributed by atoms with Crippen LogP contribution in [0.5, 0.6) is 0 Å². The number of quaternary nitrogens is 1. The van der Waals surface area contributed by atoms with Crippen LogP contribution in [0.4, 0.5) is 0 Å². The van der Waals surface area contributed by atoms with Crippen molar-refractivity contribution < 1.29 is 9.69 Å². The zero-order valence-corrected chi connectivity index (χ0v) is 13.8. The molecule has 0 saturated heterocycles. The van der Waals surface area contributed by atoms with Gasteiger partial charge in [-0.25, -0.2) is 0 Å². The molecule has 0 spiro atoms. The number of halogens is 1.